The number of benzene rings is 1. The van der Waals surface area contributed by atoms with Crippen molar-refractivity contribution < 1.29 is 0 Å². The summed E-state index contributed by atoms with van der Waals surface area (Å²) in [6, 6.07) is 11.8. The zero-order valence-electron chi connectivity index (χ0n) is 11.4. The van der Waals surface area contributed by atoms with E-state index in [2.05, 4.69) is 44.9 Å². The molecule has 3 rings (SSSR count). The number of H-pyrrole nitrogens is 1. The molecule has 4 N–H and O–H groups in total. The van der Waals surface area contributed by atoms with E-state index in [1.54, 1.807) is 12.1 Å². The van der Waals surface area contributed by atoms with E-state index in [4.69, 9.17) is 5.73 Å². The van der Waals surface area contributed by atoms with Crippen molar-refractivity contribution in [3.05, 3.63) is 58.0 Å². The van der Waals surface area contributed by atoms with Crippen LogP contribution in [-0.4, -0.2) is 26.4 Å². The summed E-state index contributed by atoms with van der Waals surface area (Å²) in [5.41, 5.74) is 8.04. The average Bonchev–Trinajstić information content (AvgIpc) is 2.88. The quantitative estimate of drug-likeness (QED) is 0.634. The first-order valence-corrected chi connectivity index (χ1v) is 6.72. The highest BCUT2D eigenvalue weighted by atomic mass is 16.2. The van der Waals surface area contributed by atoms with Gasteiger partial charge in [-0.05, 0) is 36.2 Å². The van der Waals surface area contributed by atoms with Crippen LogP contribution >= 0.6 is 0 Å². The molecule has 1 aromatic carbocycles. The second-order valence-electron chi connectivity index (χ2n) is 4.73. The normalized spacial score (nSPS) is 10.9. The number of nitrogens with two attached hydrogens (primary N) is 1. The van der Waals surface area contributed by atoms with Crippen LogP contribution in [-0.2, 0) is 13.0 Å². The molecule has 0 spiro atoms. The summed E-state index contributed by atoms with van der Waals surface area (Å²) < 4.78 is 1.23. The van der Waals surface area contributed by atoms with Crippen LogP contribution in [0, 0.1) is 0 Å². The molecular weight excluding hydrogens is 268 g/mol. The number of rotatable bonds is 5. The molecule has 7 nitrogen and oxygen atoms in total. The lowest BCUT2D eigenvalue weighted by Crippen LogP contribution is -2.14. The molecule has 0 fully saturated rings. The van der Waals surface area contributed by atoms with Gasteiger partial charge >= 0.3 is 5.69 Å². The predicted octanol–water partition coefficient (Wildman–Crippen LogP) is 0.531. The van der Waals surface area contributed by atoms with Gasteiger partial charge in [0, 0.05) is 6.54 Å². The molecule has 0 amide bonds. The number of fused-ring (bicyclic) bond motifs is 1. The Morgan fingerprint density at radius 1 is 1.14 bits per heavy atom. The summed E-state index contributed by atoms with van der Waals surface area (Å²) >= 11 is 0. The Morgan fingerprint density at radius 3 is 2.67 bits per heavy atom. The molecule has 0 radical (unpaired) electrons. The van der Waals surface area contributed by atoms with Gasteiger partial charge in [-0.1, -0.05) is 24.3 Å². The number of aromatic amines is 1. The molecule has 0 aliphatic heterocycles. The summed E-state index contributed by atoms with van der Waals surface area (Å²) in [7, 11) is 0. The van der Waals surface area contributed by atoms with E-state index in [0.717, 1.165) is 12.0 Å². The third-order valence-electron chi connectivity index (χ3n) is 3.20. The van der Waals surface area contributed by atoms with Gasteiger partial charge in [0.05, 0.1) is 0 Å². The molecule has 7 heteroatoms. The molecule has 0 saturated carbocycles. The summed E-state index contributed by atoms with van der Waals surface area (Å²) in [4.78, 5) is 11.4. The Kier molecular flexibility index (Phi) is 3.65. The van der Waals surface area contributed by atoms with Gasteiger partial charge in [-0.25, -0.2) is 9.89 Å². The average molecular weight is 284 g/mol. The maximum Gasteiger partial charge on any atom is 0.364 e. The second-order valence-corrected chi connectivity index (χ2v) is 4.73. The van der Waals surface area contributed by atoms with E-state index in [-0.39, 0.29) is 5.69 Å². The molecular formula is C14H16N6O. The first-order valence-electron chi connectivity index (χ1n) is 6.72. The van der Waals surface area contributed by atoms with Gasteiger partial charge in [-0.15, -0.1) is 5.10 Å². The standard InChI is InChI=1S/C14H16N6O/c15-8-7-10-1-3-11(4-2-10)9-16-12-5-6-13-17-18-14(21)20(13)19-12/h1-6H,7-9,15H2,(H,16,19)(H,18,21). The lowest BCUT2D eigenvalue weighted by Gasteiger charge is -2.06. The Labute approximate surface area is 120 Å². The Morgan fingerprint density at radius 2 is 1.90 bits per heavy atom. The van der Waals surface area contributed by atoms with Crippen LogP contribution in [0.2, 0.25) is 0 Å². The molecule has 3 aromatic rings. The minimum absolute atomic E-state index is 0.347. The minimum Gasteiger partial charge on any atom is -0.365 e. The molecule has 0 bridgehead atoms. The highest BCUT2D eigenvalue weighted by Gasteiger charge is 2.02. The van der Waals surface area contributed by atoms with Crippen LogP contribution in [0.4, 0.5) is 5.82 Å². The van der Waals surface area contributed by atoms with Gasteiger partial charge in [0.2, 0.25) is 0 Å². The van der Waals surface area contributed by atoms with Gasteiger partial charge in [0.15, 0.2) is 5.65 Å². The van der Waals surface area contributed by atoms with Crippen molar-refractivity contribution in [1.82, 2.24) is 19.8 Å². The van der Waals surface area contributed by atoms with Crippen molar-refractivity contribution in [1.29, 1.82) is 0 Å². The van der Waals surface area contributed by atoms with Gasteiger partial charge < -0.3 is 11.1 Å². The summed E-state index contributed by atoms with van der Waals surface area (Å²) in [5, 5.41) is 13.5. The van der Waals surface area contributed by atoms with E-state index in [9.17, 15) is 4.79 Å². The van der Waals surface area contributed by atoms with Crippen molar-refractivity contribution in [3.8, 4) is 0 Å². The molecule has 2 heterocycles. The number of nitrogens with one attached hydrogen (secondary N) is 2. The minimum atomic E-state index is -0.347. The summed E-state index contributed by atoms with van der Waals surface area (Å²) in [6.45, 7) is 1.29. The fourth-order valence-corrected chi connectivity index (χ4v) is 2.08. The summed E-state index contributed by atoms with van der Waals surface area (Å²) in [5.74, 6) is 0.622. The SMILES string of the molecule is NCCc1ccc(CNc2ccc3n[nH]c(=O)n3n2)cc1. The topological polar surface area (TPSA) is 101 Å². The van der Waals surface area contributed by atoms with E-state index < -0.39 is 0 Å². The fourth-order valence-electron chi connectivity index (χ4n) is 2.08. The molecule has 0 atom stereocenters. The zero-order chi connectivity index (χ0) is 14.7. The Hall–Kier alpha value is -2.67. The van der Waals surface area contributed by atoms with Gasteiger partial charge in [0.25, 0.3) is 0 Å². The van der Waals surface area contributed by atoms with E-state index >= 15 is 0 Å². The number of hydrogen-bond acceptors (Lipinski definition) is 5. The number of nitrogens with zero attached hydrogens (tertiary/aromatic N) is 3. The van der Waals surface area contributed by atoms with Crippen LogP contribution in [0.15, 0.2) is 41.2 Å². The smallest absolute Gasteiger partial charge is 0.364 e. The molecule has 108 valence electrons. The van der Waals surface area contributed by atoms with Gasteiger partial charge in [-0.2, -0.15) is 9.61 Å². The highest BCUT2D eigenvalue weighted by Crippen LogP contribution is 2.08. The van der Waals surface area contributed by atoms with E-state index in [0.29, 0.717) is 24.6 Å². The van der Waals surface area contributed by atoms with Crippen molar-refractivity contribution in [2.45, 2.75) is 13.0 Å². The van der Waals surface area contributed by atoms with Crippen LogP contribution < -0.4 is 16.7 Å². The van der Waals surface area contributed by atoms with E-state index in [1.807, 2.05) is 0 Å². The van der Waals surface area contributed by atoms with Crippen LogP contribution in [0.1, 0.15) is 11.1 Å². The van der Waals surface area contributed by atoms with Gasteiger partial charge in [0.1, 0.15) is 5.82 Å². The Balaban J connectivity index is 1.70. The van der Waals surface area contributed by atoms with Crippen LogP contribution in [0.25, 0.3) is 5.65 Å². The molecule has 21 heavy (non-hydrogen) atoms. The Bertz CT molecular complexity index is 789. The third-order valence-corrected chi connectivity index (χ3v) is 3.20. The van der Waals surface area contributed by atoms with Crippen LogP contribution in [0.5, 0.6) is 0 Å². The molecule has 0 aliphatic rings. The van der Waals surface area contributed by atoms with Gasteiger partial charge in [-0.3, -0.25) is 0 Å². The molecule has 0 aliphatic carbocycles. The maximum absolute atomic E-state index is 11.4. The highest BCUT2D eigenvalue weighted by molar-refractivity contribution is 5.43. The monoisotopic (exact) mass is 284 g/mol. The van der Waals surface area contributed by atoms with E-state index in [1.165, 1.54) is 10.1 Å². The number of aromatic nitrogens is 4. The largest absolute Gasteiger partial charge is 0.365 e. The third kappa shape index (κ3) is 2.92. The summed E-state index contributed by atoms with van der Waals surface area (Å²) in [6.07, 6.45) is 0.884. The molecule has 2 aromatic heterocycles. The van der Waals surface area contributed by atoms with Crippen molar-refractivity contribution in [2.24, 2.45) is 5.73 Å². The van der Waals surface area contributed by atoms with Crippen molar-refractivity contribution in [3.63, 3.8) is 0 Å². The van der Waals surface area contributed by atoms with Crippen molar-refractivity contribution in [2.75, 3.05) is 11.9 Å². The molecule has 0 unspecified atom stereocenters. The fraction of sp³-hybridized carbons (Fsp3) is 0.214. The lowest BCUT2D eigenvalue weighted by molar-refractivity contribution is 0.875. The lowest BCUT2D eigenvalue weighted by atomic mass is 10.1. The molecule has 0 saturated heterocycles. The first-order chi connectivity index (χ1) is 10.3. The maximum atomic E-state index is 11.4. The van der Waals surface area contributed by atoms with Crippen molar-refractivity contribution >= 4 is 11.5 Å². The second kappa shape index (κ2) is 5.76. The zero-order valence-corrected chi connectivity index (χ0v) is 11.4. The predicted molar refractivity (Wildman–Crippen MR) is 80.1 cm³/mol. The number of anilines is 1. The van der Waals surface area contributed by atoms with Crippen LogP contribution in [0.3, 0.4) is 0 Å². The number of hydrogen-bond donors (Lipinski definition) is 3. The first kappa shape index (κ1) is 13.3.